The van der Waals surface area contributed by atoms with Gasteiger partial charge in [0, 0.05) is 18.5 Å². The Labute approximate surface area is 117 Å². The molecule has 0 bridgehead atoms. The molecule has 5 heteroatoms. The van der Waals surface area contributed by atoms with Crippen molar-refractivity contribution in [2.45, 2.75) is 26.2 Å². The summed E-state index contributed by atoms with van der Waals surface area (Å²) in [6.45, 7) is 6.27. The van der Waals surface area contributed by atoms with Crippen molar-refractivity contribution in [1.82, 2.24) is 9.97 Å². The molecule has 0 aliphatic rings. The first-order chi connectivity index (χ1) is 9.38. The monoisotopic (exact) mass is 272 g/mol. The molecule has 2 aromatic heterocycles. The maximum Gasteiger partial charge on any atom is 0.339 e. The van der Waals surface area contributed by atoms with E-state index >= 15 is 0 Å². The molecule has 0 radical (unpaired) electrons. The van der Waals surface area contributed by atoms with Crippen LogP contribution in [0.1, 0.15) is 36.7 Å². The predicted molar refractivity (Wildman–Crippen MR) is 74.2 cm³/mol. The number of rotatable bonds is 3. The van der Waals surface area contributed by atoms with E-state index in [1.54, 1.807) is 12.3 Å². The van der Waals surface area contributed by atoms with E-state index in [-0.39, 0.29) is 16.7 Å². The number of carboxylic acid groups (broad SMARTS) is 1. The van der Waals surface area contributed by atoms with Crippen LogP contribution in [0.3, 0.4) is 0 Å². The summed E-state index contributed by atoms with van der Waals surface area (Å²) < 4.78 is 5.48. The maximum atomic E-state index is 11.1. The number of aromatic nitrogens is 2. The summed E-state index contributed by atoms with van der Waals surface area (Å²) in [6.07, 6.45) is 4.50. The van der Waals surface area contributed by atoms with Crippen LogP contribution in [0.5, 0.6) is 11.6 Å². The Kier molecular flexibility index (Phi) is 3.70. The van der Waals surface area contributed by atoms with Crippen molar-refractivity contribution < 1.29 is 14.6 Å². The lowest BCUT2D eigenvalue weighted by Crippen LogP contribution is -2.11. The lowest BCUT2D eigenvalue weighted by Gasteiger charge is -2.18. The van der Waals surface area contributed by atoms with Crippen molar-refractivity contribution in [2.24, 2.45) is 0 Å². The first-order valence-corrected chi connectivity index (χ1v) is 6.19. The molecule has 2 rings (SSSR count). The van der Waals surface area contributed by atoms with Crippen LogP contribution >= 0.6 is 0 Å². The van der Waals surface area contributed by atoms with Crippen molar-refractivity contribution in [3.63, 3.8) is 0 Å². The van der Waals surface area contributed by atoms with Crippen molar-refractivity contribution in [1.29, 1.82) is 0 Å². The fourth-order valence-electron chi connectivity index (χ4n) is 1.63. The summed E-state index contributed by atoms with van der Waals surface area (Å²) in [5, 5.41) is 9.07. The fraction of sp³-hybridized carbons (Fsp3) is 0.267. The van der Waals surface area contributed by atoms with Crippen molar-refractivity contribution in [3.8, 4) is 11.6 Å². The van der Waals surface area contributed by atoms with E-state index in [1.807, 2.05) is 6.07 Å². The Morgan fingerprint density at radius 2 is 1.95 bits per heavy atom. The average molecular weight is 272 g/mol. The zero-order valence-electron chi connectivity index (χ0n) is 11.6. The standard InChI is InChI=1S/C15H16N2O3/c1-15(2,3)10-4-5-13(17-8-10)20-12-9-16-7-6-11(12)14(18)19/h4-9H,1-3H3,(H,18,19). The van der Waals surface area contributed by atoms with E-state index in [2.05, 4.69) is 30.7 Å². The molecule has 0 unspecified atom stereocenters. The molecular formula is C15H16N2O3. The zero-order valence-corrected chi connectivity index (χ0v) is 11.6. The van der Waals surface area contributed by atoms with Gasteiger partial charge in [-0.15, -0.1) is 0 Å². The molecular weight excluding hydrogens is 256 g/mol. The number of hydrogen-bond donors (Lipinski definition) is 1. The zero-order chi connectivity index (χ0) is 14.8. The molecule has 0 spiro atoms. The minimum atomic E-state index is -1.06. The SMILES string of the molecule is CC(C)(C)c1ccc(Oc2cnccc2C(=O)O)nc1. The van der Waals surface area contributed by atoms with Crippen LogP contribution in [0, 0.1) is 0 Å². The van der Waals surface area contributed by atoms with E-state index in [4.69, 9.17) is 9.84 Å². The highest BCUT2D eigenvalue weighted by Crippen LogP contribution is 2.26. The number of aromatic carboxylic acids is 1. The third-order valence-corrected chi connectivity index (χ3v) is 2.83. The predicted octanol–water partition coefficient (Wildman–Crippen LogP) is 3.26. The van der Waals surface area contributed by atoms with Gasteiger partial charge in [0.25, 0.3) is 0 Å². The molecule has 104 valence electrons. The maximum absolute atomic E-state index is 11.1. The van der Waals surface area contributed by atoms with E-state index < -0.39 is 5.97 Å². The Morgan fingerprint density at radius 1 is 1.20 bits per heavy atom. The molecule has 0 saturated heterocycles. The Balaban J connectivity index is 2.25. The number of ether oxygens (including phenoxy) is 1. The molecule has 0 fully saturated rings. The Morgan fingerprint density at radius 3 is 2.50 bits per heavy atom. The molecule has 0 atom stereocenters. The summed E-state index contributed by atoms with van der Waals surface area (Å²) in [6, 6.07) is 5.03. The van der Waals surface area contributed by atoms with E-state index in [1.165, 1.54) is 18.5 Å². The van der Waals surface area contributed by atoms with Gasteiger partial charge < -0.3 is 9.84 Å². The highest BCUT2D eigenvalue weighted by molar-refractivity contribution is 5.90. The molecule has 0 aromatic carbocycles. The molecule has 1 N–H and O–H groups in total. The van der Waals surface area contributed by atoms with Gasteiger partial charge in [-0.05, 0) is 17.0 Å². The van der Waals surface area contributed by atoms with Crippen LogP contribution in [-0.2, 0) is 5.41 Å². The highest BCUT2D eigenvalue weighted by atomic mass is 16.5. The Bertz CT molecular complexity index is 616. The minimum absolute atomic E-state index is 0.00601. The van der Waals surface area contributed by atoms with Gasteiger partial charge in [0.15, 0.2) is 5.75 Å². The third-order valence-electron chi connectivity index (χ3n) is 2.83. The number of pyridine rings is 2. The average Bonchev–Trinajstić information content (AvgIpc) is 2.38. The lowest BCUT2D eigenvalue weighted by molar-refractivity contribution is 0.0694. The van der Waals surface area contributed by atoms with Crippen LogP contribution in [0.25, 0.3) is 0 Å². The topological polar surface area (TPSA) is 72.3 Å². The van der Waals surface area contributed by atoms with Gasteiger partial charge in [0.1, 0.15) is 5.56 Å². The fourth-order valence-corrected chi connectivity index (χ4v) is 1.63. The van der Waals surface area contributed by atoms with E-state index in [9.17, 15) is 4.79 Å². The van der Waals surface area contributed by atoms with Crippen LogP contribution < -0.4 is 4.74 Å². The number of hydrogen-bond acceptors (Lipinski definition) is 4. The van der Waals surface area contributed by atoms with Gasteiger partial charge in [-0.2, -0.15) is 0 Å². The van der Waals surface area contributed by atoms with Gasteiger partial charge in [-0.3, -0.25) is 4.98 Å². The molecule has 2 heterocycles. The van der Waals surface area contributed by atoms with Crippen molar-refractivity contribution in [2.75, 3.05) is 0 Å². The smallest absolute Gasteiger partial charge is 0.339 e. The van der Waals surface area contributed by atoms with Gasteiger partial charge in [0.2, 0.25) is 5.88 Å². The molecule has 0 aliphatic heterocycles. The first kappa shape index (κ1) is 14.0. The summed E-state index contributed by atoms with van der Waals surface area (Å²) in [7, 11) is 0. The number of carbonyl (C=O) groups is 1. The molecule has 2 aromatic rings. The normalized spacial score (nSPS) is 11.2. The van der Waals surface area contributed by atoms with Crippen LogP contribution in [0.4, 0.5) is 0 Å². The summed E-state index contributed by atoms with van der Waals surface area (Å²) in [4.78, 5) is 19.1. The summed E-state index contributed by atoms with van der Waals surface area (Å²) in [5.41, 5.74) is 1.14. The van der Waals surface area contributed by atoms with Crippen molar-refractivity contribution in [3.05, 3.63) is 47.9 Å². The molecule has 5 nitrogen and oxygen atoms in total. The van der Waals surface area contributed by atoms with Crippen LogP contribution in [-0.4, -0.2) is 21.0 Å². The largest absolute Gasteiger partial charge is 0.478 e. The quantitative estimate of drug-likeness (QED) is 0.928. The summed E-state index contributed by atoms with van der Waals surface area (Å²) >= 11 is 0. The number of nitrogens with zero attached hydrogens (tertiary/aromatic N) is 2. The lowest BCUT2D eigenvalue weighted by atomic mass is 9.88. The molecule has 20 heavy (non-hydrogen) atoms. The molecule has 0 saturated carbocycles. The minimum Gasteiger partial charge on any atom is -0.478 e. The molecule has 0 amide bonds. The van der Waals surface area contributed by atoms with Crippen LogP contribution in [0.2, 0.25) is 0 Å². The van der Waals surface area contributed by atoms with Crippen LogP contribution in [0.15, 0.2) is 36.8 Å². The van der Waals surface area contributed by atoms with Gasteiger partial charge in [0.05, 0.1) is 6.20 Å². The van der Waals surface area contributed by atoms with Gasteiger partial charge in [-0.1, -0.05) is 26.8 Å². The third kappa shape index (κ3) is 3.12. The highest BCUT2D eigenvalue weighted by Gasteiger charge is 2.15. The number of carboxylic acids is 1. The second kappa shape index (κ2) is 5.28. The summed E-state index contributed by atoms with van der Waals surface area (Å²) in [5.74, 6) is -0.543. The second-order valence-corrected chi connectivity index (χ2v) is 5.41. The van der Waals surface area contributed by atoms with E-state index in [0.717, 1.165) is 5.56 Å². The van der Waals surface area contributed by atoms with Crippen molar-refractivity contribution >= 4 is 5.97 Å². The van der Waals surface area contributed by atoms with Gasteiger partial charge >= 0.3 is 5.97 Å². The van der Waals surface area contributed by atoms with E-state index in [0.29, 0.717) is 5.88 Å². The van der Waals surface area contributed by atoms with Gasteiger partial charge in [-0.25, -0.2) is 9.78 Å². The Hall–Kier alpha value is -2.43. The molecule has 0 aliphatic carbocycles. The first-order valence-electron chi connectivity index (χ1n) is 6.19. The second-order valence-electron chi connectivity index (χ2n) is 5.41.